The number of hydrogen-bond acceptors (Lipinski definition) is 2. The van der Waals surface area contributed by atoms with E-state index in [2.05, 4.69) is 11.4 Å². The van der Waals surface area contributed by atoms with Gasteiger partial charge in [0.15, 0.2) is 0 Å². The summed E-state index contributed by atoms with van der Waals surface area (Å²) in [6.07, 6.45) is -0.458. The molecule has 0 aliphatic heterocycles. The van der Waals surface area contributed by atoms with Crippen molar-refractivity contribution in [1.29, 1.82) is 0 Å². The molecule has 108 valence electrons. The van der Waals surface area contributed by atoms with E-state index < -0.39 is 12.6 Å². The van der Waals surface area contributed by atoms with Gasteiger partial charge < -0.3 is 5.32 Å². The van der Waals surface area contributed by atoms with Crippen molar-refractivity contribution in [3.8, 4) is 0 Å². The largest absolute Gasteiger partial charge is 0.389 e. The summed E-state index contributed by atoms with van der Waals surface area (Å²) in [7, 11) is 0. The molecule has 1 heterocycles. The van der Waals surface area contributed by atoms with Gasteiger partial charge in [-0.1, -0.05) is 6.92 Å². The Morgan fingerprint density at radius 2 is 2.16 bits per heavy atom. The smallest absolute Gasteiger partial charge is 0.310 e. The number of rotatable bonds is 6. The van der Waals surface area contributed by atoms with E-state index in [1.54, 1.807) is 11.3 Å². The van der Waals surface area contributed by atoms with Crippen molar-refractivity contribution in [3.05, 3.63) is 21.4 Å². The second-order valence-electron chi connectivity index (χ2n) is 5.07. The average molecular weight is 291 g/mol. The summed E-state index contributed by atoms with van der Waals surface area (Å²) in [6, 6.07) is 2.29. The van der Waals surface area contributed by atoms with Crippen LogP contribution in [0.3, 0.4) is 0 Å². The number of fused-ring (bicyclic) bond motifs is 1. The summed E-state index contributed by atoms with van der Waals surface area (Å²) < 4.78 is 36.6. The van der Waals surface area contributed by atoms with E-state index in [1.165, 1.54) is 21.7 Å². The van der Waals surface area contributed by atoms with Crippen molar-refractivity contribution >= 4 is 11.3 Å². The molecule has 5 heteroatoms. The second-order valence-corrected chi connectivity index (χ2v) is 6.24. The van der Waals surface area contributed by atoms with Crippen LogP contribution in [0.15, 0.2) is 6.07 Å². The van der Waals surface area contributed by atoms with Gasteiger partial charge in [0, 0.05) is 22.2 Å². The summed E-state index contributed by atoms with van der Waals surface area (Å²) >= 11 is 1.78. The Hall–Kier alpha value is -0.550. The minimum atomic E-state index is -4.03. The zero-order valence-electron chi connectivity index (χ0n) is 11.1. The summed E-state index contributed by atoms with van der Waals surface area (Å²) in [5, 5.41) is 3.32. The Morgan fingerprint density at radius 1 is 1.37 bits per heavy atom. The van der Waals surface area contributed by atoms with Gasteiger partial charge in [-0.3, -0.25) is 0 Å². The average Bonchev–Trinajstić information content (AvgIpc) is 2.86. The lowest BCUT2D eigenvalue weighted by atomic mass is 10.1. The van der Waals surface area contributed by atoms with Crippen molar-refractivity contribution in [2.75, 3.05) is 6.54 Å². The highest BCUT2D eigenvalue weighted by atomic mass is 32.1. The molecule has 0 aromatic carbocycles. The first-order valence-electron chi connectivity index (χ1n) is 6.91. The minimum Gasteiger partial charge on any atom is -0.310 e. The van der Waals surface area contributed by atoms with Gasteiger partial charge in [-0.05, 0) is 50.3 Å². The van der Waals surface area contributed by atoms with E-state index in [0.717, 1.165) is 19.4 Å². The molecule has 1 aromatic rings. The molecule has 1 aliphatic rings. The monoisotopic (exact) mass is 291 g/mol. The molecule has 19 heavy (non-hydrogen) atoms. The fourth-order valence-corrected chi connectivity index (χ4v) is 3.99. The fraction of sp³-hybridized carbons (Fsp3) is 0.714. The lowest BCUT2D eigenvalue weighted by molar-refractivity contribution is -0.135. The summed E-state index contributed by atoms with van der Waals surface area (Å²) in [6.45, 7) is 2.79. The normalized spacial score (nSPS) is 16.6. The molecule has 0 bridgehead atoms. The number of thiophene rings is 1. The quantitative estimate of drug-likeness (QED) is 0.806. The molecule has 2 rings (SSSR count). The highest BCUT2D eigenvalue weighted by molar-refractivity contribution is 7.12. The van der Waals surface area contributed by atoms with Crippen LogP contribution in [-0.4, -0.2) is 12.7 Å². The molecule has 0 spiro atoms. The van der Waals surface area contributed by atoms with Gasteiger partial charge in [0.1, 0.15) is 0 Å². The van der Waals surface area contributed by atoms with Crippen molar-refractivity contribution < 1.29 is 13.2 Å². The molecule has 1 aliphatic carbocycles. The van der Waals surface area contributed by atoms with Crippen molar-refractivity contribution in [1.82, 2.24) is 5.32 Å². The predicted molar refractivity (Wildman–Crippen MR) is 72.7 cm³/mol. The standard InChI is InChI=1S/C14H20F3NS/c1-2-18-11(6-4-8-14(15,16)17)13-9-10-5-3-7-12(10)19-13/h9,11,18H,2-8H2,1H3. The molecular weight excluding hydrogens is 271 g/mol. The third-order valence-electron chi connectivity index (χ3n) is 3.51. The number of aryl methyl sites for hydroxylation is 2. The van der Waals surface area contributed by atoms with Crippen LogP contribution in [-0.2, 0) is 12.8 Å². The van der Waals surface area contributed by atoms with Crippen molar-refractivity contribution in [2.24, 2.45) is 0 Å². The van der Waals surface area contributed by atoms with Gasteiger partial charge in [0.05, 0.1) is 0 Å². The van der Waals surface area contributed by atoms with Crippen LogP contribution in [0, 0.1) is 0 Å². The third kappa shape index (κ3) is 4.21. The van der Waals surface area contributed by atoms with Crippen LogP contribution in [0.2, 0.25) is 0 Å². The van der Waals surface area contributed by atoms with Gasteiger partial charge in [0.25, 0.3) is 0 Å². The Bertz CT molecular complexity index is 390. The van der Waals surface area contributed by atoms with Crippen LogP contribution in [0.4, 0.5) is 13.2 Å². The Kier molecular flexibility index (Phi) is 4.90. The van der Waals surface area contributed by atoms with Gasteiger partial charge in [-0.15, -0.1) is 11.3 Å². The summed E-state index contributed by atoms with van der Waals surface area (Å²) in [4.78, 5) is 2.66. The Morgan fingerprint density at radius 3 is 2.79 bits per heavy atom. The predicted octanol–water partition coefficient (Wildman–Crippen LogP) is 4.62. The van der Waals surface area contributed by atoms with Crippen LogP contribution in [0.5, 0.6) is 0 Å². The number of halogens is 3. The molecule has 1 nitrogen and oxygen atoms in total. The summed E-state index contributed by atoms with van der Waals surface area (Å²) in [5.41, 5.74) is 1.42. The molecular formula is C14H20F3NS. The highest BCUT2D eigenvalue weighted by Gasteiger charge is 2.27. The van der Waals surface area contributed by atoms with E-state index in [9.17, 15) is 13.2 Å². The van der Waals surface area contributed by atoms with Crippen LogP contribution >= 0.6 is 11.3 Å². The van der Waals surface area contributed by atoms with Gasteiger partial charge in [0.2, 0.25) is 0 Å². The van der Waals surface area contributed by atoms with Gasteiger partial charge >= 0.3 is 6.18 Å². The summed E-state index contributed by atoms with van der Waals surface area (Å²) in [5.74, 6) is 0. The first-order chi connectivity index (χ1) is 8.99. The number of hydrogen-bond donors (Lipinski definition) is 1. The lowest BCUT2D eigenvalue weighted by Crippen LogP contribution is -2.20. The highest BCUT2D eigenvalue weighted by Crippen LogP contribution is 2.36. The number of nitrogens with one attached hydrogen (secondary N) is 1. The van der Waals surface area contributed by atoms with E-state index in [4.69, 9.17) is 0 Å². The maximum absolute atomic E-state index is 12.2. The Balaban J connectivity index is 1.94. The molecule has 1 atom stereocenters. The van der Waals surface area contributed by atoms with E-state index in [0.29, 0.717) is 6.42 Å². The maximum Gasteiger partial charge on any atom is 0.389 e. The van der Waals surface area contributed by atoms with Crippen molar-refractivity contribution in [3.63, 3.8) is 0 Å². The van der Waals surface area contributed by atoms with E-state index >= 15 is 0 Å². The lowest BCUT2D eigenvalue weighted by Gasteiger charge is -2.17. The molecule has 0 saturated heterocycles. The SMILES string of the molecule is CCNC(CCCC(F)(F)F)c1cc2c(s1)CCC2. The minimum absolute atomic E-state index is 0.0861. The molecule has 1 unspecified atom stereocenters. The first kappa shape index (κ1) is 14.9. The second kappa shape index (κ2) is 6.27. The fourth-order valence-electron chi connectivity index (χ4n) is 2.62. The number of alkyl halides is 3. The first-order valence-corrected chi connectivity index (χ1v) is 7.73. The van der Waals surface area contributed by atoms with Crippen molar-refractivity contribution in [2.45, 2.75) is 57.7 Å². The molecule has 0 radical (unpaired) electrons. The van der Waals surface area contributed by atoms with E-state index in [-0.39, 0.29) is 12.5 Å². The zero-order chi connectivity index (χ0) is 13.9. The van der Waals surface area contributed by atoms with Gasteiger partial charge in [-0.25, -0.2) is 0 Å². The van der Waals surface area contributed by atoms with Crippen LogP contribution < -0.4 is 5.32 Å². The van der Waals surface area contributed by atoms with E-state index in [1.807, 2.05) is 6.92 Å². The van der Waals surface area contributed by atoms with Crippen LogP contribution in [0.25, 0.3) is 0 Å². The van der Waals surface area contributed by atoms with Crippen LogP contribution in [0.1, 0.15) is 54.0 Å². The topological polar surface area (TPSA) is 12.0 Å². The van der Waals surface area contributed by atoms with Gasteiger partial charge in [-0.2, -0.15) is 13.2 Å². The zero-order valence-corrected chi connectivity index (χ0v) is 12.0. The third-order valence-corrected chi connectivity index (χ3v) is 4.86. The molecule has 1 N–H and O–H groups in total. The molecule has 1 aromatic heterocycles. The molecule has 0 saturated carbocycles. The maximum atomic E-state index is 12.2. The molecule has 0 fully saturated rings. The Labute approximate surface area is 116 Å². The molecule has 0 amide bonds.